The molecule has 0 bridgehead atoms. The van der Waals surface area contributed by atoms with E-state index >= 15 is 0 Å². The molecule has 1 aliphatic rings. The van der Waals surface area contributed by atoms with Crippen LogP contribution in [0.5, 0.6) is 0 Å². The summed E-state index contributed by atoms with van der Waals surface area (Å²) < 4.78 is 2.03. The van der Waals surface area contributed by atoms with Gasteiger partial charge in [0.15, 0.2) is 0 Å². The summed E-state index contributed by atoms with van der Waals surface area (Å²) in [5.74, 6) is 1.09. The Balaban J connectivity index is 2.05. The monoisotopic (exact) mass is 237 g/mol. The zero-order valence-electron chi connectivity index (χ0n) is 11.1. The lowest BCUT2D eigenvalue weighted by atomic mass is 10.1. The van der Waals surface area contributed by atoms with Gasteiger partial charge in [0.25, 0.3) is 0 Å². The van der Waals surface area contributed by atoms with Crippen LogP contribution in [0.3, 0.4) is 0 Å². The van der Waals surface area contributed by atoms with Crippen molar-refractivity contribution in [2.24, 2.45) is 0 Å². The third-order valence-electron chi connectivity index (χ3n) is 3.47. The van der Waals surface area contributed by atoms with Crippen molar-refractivity contribution in [2.45, 2.75) is 52.4 Å². The van der Waals surface area contributed by atoms with E-state index in [1.54, 1.807) is 6.33 Å². The van der Waals surface area contributed by atoms with Gasteiger partial charge in [-0.05, 0) is 20.3 Å². The molecule has 5 heteroatoms. The molecule has 2 unspecified atom stereocenters. The number of hydrogen-bond donors (Lipinski definition) is 1. The smallest absolute Gasteiger partial charge is 0.141 e. The van der Waals surface area contributed by atoms with Gasteiger partial charge in [-0.1, -0.05) is 6.92 Å². The molecule has 2 atom stereocenters. The third kappa shape index (κ3) is 2.84. The fourth-order valence-corrected chi connectivity index (χ4v) is 2.45. The average Bonchev–Trinajstić information content (AvgIpc) is 2.72. The maximum atomic E-state index is 4.39. The van der Waals surface area contributed by atoms with Gasteiger partial charge < -0.3 is 5.32 Å². The van der Waals surface area contributed by atoms with Crippen LogP contribution >= 0.6 is 0 Å². The van der Waals surface area contributed by atoms with E-state index in [4.69, 9.17) is 0 Å². The lowest BCUT2D eigenvalue weighted by Gasteiger charge is -2.39. The predicted molar refractivity (Wildman–Crippen MR) is 67.6 cm³/mol. The molecule has 1 N–H and O–H groups in total. The molecule has 0 amide bonds. The Bertz CT molecular complexity index is 338. The Morgan fingerprint density at radius 1 is 1.35 bits per heavy atom. The molecular formula is C12H23N5. The molecule has 1 fully saturated rings. The van der Waals surface area contributed by atoms with Crippen LogP contribution in [-0.2, 0) is 13.1 Å². The quantitative estimate of drug-likeness (QED) is 0.844. The van der Waals surface area contributed by atoms with Gasteiger partial charge in [0.1, 0.15) is 12.2 Å². The highest BCUT2D eigenvalue weighted by Gasteiger charge is 2.25. The number of nitrogens with one attached hydrogen (secondary N) is 1. The number of nitrogens with zero attached hydrogens (tertiary/aromatic N) is 4. The van der Waals surface area contributed by atoms with Crippen molar-refractivity contribution in [3.8, 4) is 0 Å². The summed E-state index contributed by atoms with van der Waals surface area (Å²) in [6.07, 6.45) is 2.77. The van der Waals surface area contributed by atoms with Crippen molar-refractivity contribution in [3.63, 3.8) is 0 Å². The molecule has 0 aliphatic carbocycles. The van der Waals surface area contributed by atoms with Gasteiger partial charge >= 0.3 is 0 Å². The fourth-order valence-electron chi connectivity index (χ4n) is 2.45. The summed E-state index contributed by atoms with van der Waals surface area (Å²) in [6.45, 7) is 10.7. The van der Waals surface area contributed by atoms with Gasteiger partial charge in [-0.2, -0.15) is 5.10 Å². The average molecular weight is 237 g/mol. The summed E-state index contributed by atoms with van der Waals surface area (Å²) in [5.41, 5.74) is 0. The second-order valence-corrected chi connectivity index (χ2v) is 4.93. The van der Waals surface area contributed by atoms with E-state index in [0.29, 0.717) is 12.1 Å². The van der Waals surface area contributed by atoms with E-state index in [1.165, 1.54) is 0 Å². The van der Waals surface area contributed by atoms with Crippen molar-refractivity contribution in [1.29, 1.82) is 0 Å². The first-order valence-electron chi connectivity index (χ1n) is 6.55. The van der Waals surface area contributed by atoms with Crippen LogP contribution in [-0.4, -0.2) is 44.8 Å². The fraction of sp³-hybridized carbons (Fsp3) is 0.833. The van der Waals surface area contributed by atoms with E-state index in [0.717, 1.165) is 38.4 Å². The third-order valence-corrected chi connectivity index (χ3v) is 3.47. The Morgan fingerprint density at radius 3 is 2.71 bits per heavy atom. The SMILES string of the molecule is CCCn1ncnc1CN1C(C)CNCC1C. The van der Waals surface area contributed by atoms with Crippen LogP contribution < -0.4 is 5.32 Å². The molecular weight excluding hydrogens is 214 g/mol. The number of piperazine rings is 1. The van der Waals surface area contributed by atoms with Crippen molar-refractivity contribution in [2.75, 3.05) is 13.1 Å². The molecule has 17 heavy (non-hydrogen) atoms. The van der Waals surface area contributed by atoms with Crippen molar-refractivity contribution < 1.29 is 0 Å². The largest absolute Gasteiger partial charge is 0.314 e. The minimum absolute atomic E-state index is 0.561. The van der Waals surface area contributed by atoms with E-state index in [9.17, 15) is 0 Å². The maximum Gasteiger partial charge on any atom is 0.141 e. The van der Waals surface area contributed by atoms with Crippen LogP contribution in [0.2, 0.25) is 0 Å². The summed E-state index contributed by atoms with van der Waals surface area (Å²) >= 11 is 0. The molecule has 1 saturated heterocycles. The first-order valence-corrected chi connectivity index (χ1v) is 6.55. The van der Waals surface area contributed by atoms with Gasteiger partial charge in [-0.25, -0.2) is 9.67 Å². The summed E-state index contributed by atoms with van der Waals surface area (Å²) in [6, 6.07) is 1.12. The minimum Gasteiger partial charge on any atom is -0.314 e. The minimum atomic E-state index is 0.561. The Morgan fingerprint density at radius 2 is 2.06 bits per heavy atom. The second-order valence-electron chi connectivity index (χ2n) is 4.93. The van der Waals surface area contributed by atoms with Crippen LogP contribution in [0, 0.1) is 0 Å². The molecule has 96 valence electrons. The highest BCUT2D eigenvalue weighted by atomic mass is 15.4. The first-order chi connectivity index (χ1) is 8.22. The molecule has 0 spiro atoms. The van der Waals surface area contributed by atoms with Crippen LogP contribution in [0.25, 0.3) is 0 Å². The summed E-state index contributed by atoms with van der Waals surface area (Å²) in [4.78, 5) is 6.89. The molecule has 0 saturated carbocycles. The molecule has 2 rings (SSSR count). The van der Waals surface area contributed by atoms with Crippen LogP contribution in [0.4, 0.5) is 0 Å². The number of aromatic nitrogens is 3. The molecule has 0 radical (unpaired) electrons. The highest BCUT2D eigenvalue weighted by Crippen LogP contribution is 2.13. The number of aryl methyl sites for hydroxylation is 1. The van der Waals surface area contributed by atoms with Crippen molar-refractivity contribution in [1.82, 2.24) is 25.0 Å². The number of rotatable bonds is 4. The highest BCUT2D eigenvalue weighted by molar-refractivity contribution is 4.90. The van der Waals surface area contributed by atoms with Gasteiger partial charge in [0.05, 0.1) is 6.54 Å². The second kappa shape index (κ2) is 5.60. The van der Waals surface area contributed by atoms with Crippen molar-refractivity contribution >= 4 is 0 Å². The van der Waals surface area contributed by atoms with E-state index < -0.39 is 0 Å². The molecule has 1 aromatic rings. The molecule has 0 aromatic carbocycles. The predicted octanol–water partition coefficient (Wildman–Crippen LogP) is 0.870. The van der Waals surface area contributed by atoms with Crippen molar-refractivity contribution in [3.05, 3.63) is 12.2 Å². The van der Waals surface area contributed by atoms with Gasteiger partial charge in [0.2, 0.25) is 0 Å². The van der Waals surface area contributed by atoms with E-state index in [2.05, 4.69) is 41.1 Å². The molecule has 2 heterocycles. The zero-order valence-corrected chi connectivity index (χ0v) is 11.1. The Hall–Kier alpha value is -0.940. The molecule has 1 aliphatic heterocycles. The topological polar surface area (TPSA) is 46.0 Å². The van der Waals surface area contributed by atoms with Gasteiger partial charge in [0, 0.05) is 31.7 Å². The van der Waals surface area contributed by atoms with Gasteiger partial charge in [-0.3, -0.25) is 4.90 Å². The summed E-state index contributed by atoms with van der Waals surface area (Å²) in [7, 11) is 0. The lowest BCUT2D eigenvalue weighted by Crippen LogP contribution is -2.54. The Kier molecular flexibility index (Phi) is 4.12. The summed E-state index contributed by atoms with van der Waals surface area (Å²) in [5, 5.41) is 7.73. The Labute approximate surface area is 103 Å². The normalized spacial score (nSPS) is 26.3. The van der Waals surface area contributed by atoms with E-state index in [-0.39, 0.29) is 0 Å². The standard InChI is InChI=1S/C12H23N5/c1-4-5-17-12(14-9-15-17)8-16-10(2)6-13-7-11(16)3/h9-11,13H,4-8H2,1-3H3. The van der Waals surface area contributed by atoms with E-state index in [1.807, 2.05) is 4.68 Å². The lowest BCUT2D eigenvalue weighted by molar-refractivity contribution is 0.103. The molecule has 1 aromatic heterocycles. The number of hydrogen-bond acceptors (Lipinski definition) is 4. The zero-order chi connectivity index (χ0) is 12.3. The first kappa shape index (κ1) is 12.5. The maximum absolute atomic E-state index is 4.39. The van der Waals surface area contributed by atoms with Gasteiger partial charge in [-0.15, -0.1) is 0 Å². The van der Waals surface area contributed by atoms with Crippen LogP contribution in [0.15, 0.2) is 6.33 Å². The van der Waals surface area contributed by atoms with Crippen LogP contribution in [0.1, 0.15) is 33.0 Å². The molecule has 5 nitrogen and oxygen atoms in total.